The molecule has 0 radical (unpaired) electrons. The number of hydrogen-bond donors (Lipinski definition) is 2. The first-order valence-corrected chi connectivity index (χ1v) is 8.65. The zero-order chi connectivity index (χ0) is 19.4. The number of aromatic nitrogens is 2. The summed E-state index contributed by atoms with van der Waals surface area (Å²) in [6.45, 7) is 6.05. The number of H-pyrrole nitrogens is 1. The fourth-order valence-electron chi connectivity index (χ4n) is 3.08. The Labute approximate surface area is 158 Å². The first-order valence-electron chi connectivity index (χ1n) is 8.65. The number of carbonyl (C=O) groups excluding carboxylic acids is 1. The van der Waals surface area contributed by atoms with Crippen LogP contribution in [0.4, 0.5) is 0 Å². The lowest BCUT2D eigenvalue weighted by Crippen LogP contribution is -2.22. The SMILES string of the molecule is C=CCc1cc(CNC(=O)c2ccc3nc(C)[nH]c3c2)cc(OC)c1OC. The van der Waals surface area contributed by atoms with Crippen LogP contribution in [-0.4, -0.2) is 30.1 Å². The normalized spacial score (nSPS) is 10.6. The quantitative estimate of drug-likeness (QED) is 0.628. The van der Waals surface area contributed by atoms with E-state index in [9.17, 15) is 4.79 Å². The van der Waals surface area contributed by atoms with Gasteiger partial charge in [-0.3, -0.25) is 4.79 Å². The number of amides is 1. The van der Waals surface area contributed by atoms with Crippen LogP contribution in [0.2, 0.25) is 0 Å². The molecule has 6 heteroatoms. The number of allylic oxidation sites excluding steroid dienone is 1. The first-order chi connectivity index (χ1) is 13.0. The number of aromatic amines is 1. The van der Waals surface area contributed by atoms with Crippen LogP contribution in [0.25, 0.3) is 11.0 Å². The number of carbonyl (C=O) groups is 1. The summed E-state index contributed by atoms with van der Waals surface area (Å²) < 4.78 is 10.9. The summed E-state index contributed by atoms with van der Waals surface area (Å²) >= 11 is 0. The Balaban J connectivity index is 1.79. The first kappa shape index (κ1) is 18.5. The highest BCUT2D eigenvalue weighted by Crippen LogP contribution is 2.33. The van der Waals surface area contributed by atoms with Crippen molar-refractivity contribution >= 4 is 16.9 Å². The summed E-state index contributed by atoms with van der Waals surface area (Å²) in [5.41, 5.74) is 4.16. The highest BCUT2D eigenvalue weighted by molar-refractivity contribution is 5.97. The number of nitrogens with one attached hydrogen (secondary N) is 2. The van der Waals surface area contributed by atoms with Crippen molar-refractivity contribution in [2.75, 3.05) is 14.2 Å². The van der Waals surface area contributed by atoms with E-state index < -0.39 is 0 Å². The Hall–Kier alpha value is -3.28. The van der Waals surface area contributed by atoms with Gasteiger partial charge in [0.2, 0.25) is 0 Å². The van der Waals surface area contributed by atoms with E-state index in [0.29, 0.717) is 30.0 Å². The molecule has 1 heterocycles. The monoisotopic (exact) mass is 365 g/mol. The fraction of sp³-hybridized carbons (Fsp3) is 0.238. The van der Waals surface area contributed by atoms with Gasteiger partial charge in [0.05, 0.1) is 25.3 Å². The molecule has 1 aromatic heterocycles. The maximum atomic E-state index is 12.5. The largest absolute Gasteiger partial charge is 0.493 e. The minimum absolute atomic E-state index is 0.149. The van der Waals surface area contributed by atoms with Crippen LogP contribution in [0.15, 0.2) is 43.0 Å². The maximum absolute atomic E-state index is 12.5. The number of fused-ring (bicyclic) bond motifs is 1. The topological polar surface area (TPSA) is 76.2 Å². The molecule has 0 aliphatic carbocycles. The number of imidazole rings is 1. The van der Waals surface area contributed by atoms with Gasteiger partial charge in [-0.2, -0.15) is 0 Å². The maximum Gasteiger partial charge on any atom is 0.251 e. The summed E-state index contributed by atoms with van der Waals surface area (Å²) in [5.74, 6) is 2.00. The number of aryl methyl sites for hydroxylation is 1. The van der Waals surface area contributed by atoms with E-state index in [0.717, 1.165) is 28.0 Å². The van der Waals surface area contributed by atoms with Crippen LogP contribution in [0.1, 0.15) is 27.3 Å². The lowest BCUT2D eigenvalue weighted by molar-refractivity contribution is 0.0951. The van der Waals surface area contributed by atoms with Crippen LogP contribution in [0, 0.1) is 6.92 Å². The van der Waals surface area contributed by atoms with Gasteiger partial charge in [0.25, 0.3) is 5.91 Å². The van der Waals surface area contributed by atoms with Crippen molar-refractivity contribution in [3.63, 3.8) is 0 Å². The second-order valence-electron chi connectivity index (χ2n) is 6.22. The van der Waals surface area contributed by atoms with Crippen LogP contribution >= 0.6 is 0 Å². The van der Waals surface area contributed by atoms with Gasteiger partial charge in [-0.05, 0) is 49.2 Å². The average Bonchev–Trinajstić information content (AvgIpc) is 3.04. The molecule has 0 saturated carbocycles. The number of hydrogen-bond acceptors (Lipinski definition) is 4. The standard InChI is InChI=1S/C21H23N3O3/c1-5-6-15-9-14(10-19(26-3)20(15)27-4)12-22-21(25)16-7-8-17-18(11-16)24-13(2)23-17/h5,7-11H,1,6,12H2,2-4H3,(H,22,25)(H,23,24). The Morgan fingerprint density at radius 2 is 2.07 bits per heavy atom. The van der Waals surface area contributed by atoms with Crippen LogP contribution in [-0.2, 0) is 13.0 Å². The van der Waals surface area contributed by atoms with Gasteiger partial charge in [0.1, 0.15) is 5.82 Å². The molecule has 1 amide bonds. The van der Waals surface area contributed by atoms with Crippen molar-refractivity contribution in [3.05, 3.63) is 65.5 Å². The van der Waals surface area contributed by atoms with E-state index in [2.05, 4.69) is 21.9 Å². The van der Waals surface area contributed by atoms with Crippen molar-refractivity contribution in [2.24, 2.45) is 0 Å². The average molecular weight is 365 g/mol. The molecule has 2 aromatic carbocycles. The molecule has 0 aliphatic heterocycles. The minimum Gasteiger partial charge on any atom is -0.493 e. The molecule has 140 valence electrons. The summed E-state index contributed by atoms with van der Waals surface area (Å²) in [4.78, 5) is 20.0. The van der Waals surface area contributed by atoms with E-state index in [1.54, 1.807) is 26.4 Å². The highest BCUT2D eigenvalue weighted by atomic mass is 16.5. The molecule has 0 unspecified atom stereocenters. The fourth-order valence-corrected chi connectivity index (χ4v) is 3.08. The van der Waals surface area contributed by atoms with Gasteiger partial charge < -0.3 is 19.8 Å². The molecule has 0 bridgehead atoms. The van der Waals surface area contributed by atoms with Gasteiger partial charge in [-0.1, -0.05) is 6.08 Å². The van der Waals surface area contributed by atoms with Crippen molar-refractivity contribution in [1.82, 2.24) is 15.3 Å². The van der Waals surface area contributed by atoms with Crippen molar-refractivity contribution in [1.29, 1.82) is 0 Å². The Morgan fingerprint density at radius 3 is 2.78 bits per heavy atom. The van der Waals surface area contributed by atoms with Crippen LogP contribution in [0.3, 0.4) is 0 Å². The van der Waals surface area contributed by atoms with Crippen LogP contribution in [0.5, 0.6) is 11.5 Å². The number of ether oxygens (including phenoxy) is 2. The number of methoxy groups -OCH3 is 2. The number of nitrogens with zero attached hydrogens (tertiary/aromatic N) is 1. The van der Waals surface area contributed by atoms with Crippen LogP contribution < -0.4 is 14.8 Å². The van der Waals surface area contributed by atoms with Crippen molar-refractivity contribution in [2.45, 2.75) is 19.9 Å². The molecule has 6 nitrogen and oxygen atoms in total. The molecule has 27 heavy (non-hydrogen) atoms. The van der Waals surface area contributed by atoms with Gasteiger partial charge in [-0.15, -0.1) is 6.58 Å². The third-order valence-electron chi connectivity index (χ3n) is 4.30. The molecule has 0 aliphatic rings. The molecule has 0 saturated heterocycles. The Morgan fingerprint density at radius 1 is 1.26 bits per heavy atom. The summed E-state index contributed by atoms with van der Waals surface area (Å²) in [6.07, 6.45) is 2.46. The lowest BCUT2D eigenvalue weighted by Gasteiger charge is -2.15. The van der Waals surface area contributed by atoms with E-state index in [1.165, 1.54) is 0 Å². The second-order valence-corrected chi connectivity index (χ2v) is 6.22. The molecular formula is C21H23N3O3. The molecule has 3 aromatic rings. The molecule has 0 fully saturated rings. The van der Waals surface area contributed by atoms with Gasteiger partial charge >= 0.3 is 0 Å². The summed E-state index contributed by atoms with van der Waals surface area (Å²) in [7, 11) is 3.21. The van der Waals surface area contributed by atoms with E-state index in [1.807, 2.05) is 31.2 Å². The van der Waals surface area contributed by atoms with Gasteiger partial charge in [0, 0.05) is 17.7 Å². The summed E-state index contributed by atoms with van der Waals surface area (Å²) in [6, 6.07) is 9.28. The number of rotatable bonds is 7. The molecule has 2 N–H and O–H groups in total. The minimum atomic E-state index is -0.149. The smallest absolute Gasteiger partial charge is 0.251 e. The molecule has 0 spiro atoms. The summed E-state index contributed by atoms with van der Waals surface area (Å²) in [5, 5.41) is 2.95. The van der Waals surface area contributed by atoms with E-state index in [4.69, 9.17) is 9.47 Å². The van der Waals surface area contributed by atoms with Crippen molar-refractivity contribution in [3.8, 4) is 11.5 Å². The molecule has 0 atom stereocenters. The second kappa shape index (κ2) is 7.95. The molecular weight excluding hydrogens is 342 g/mol. The third-order valence-corrected chi connectivity index (χ3v) is 4.30. The Bertz CT molecular complexity index is 992. The van der Waals surface area contributed by atoms with Gasteiger partial charge in [-0.25, -0.2) is 4.98 Å². The highest BCUT2D eigenvalue weighted by Gasteiger charge is 2.13. The van der Waals surface area contributed by atoms with Gasteiger partial charge in [0.15, 0.2) is 11.5 Å². The van der Waals surface area contributed by atoms with E-state index in [-0.39, 0.29) is 5.91 Å². The molecule has 3 rings (SSSR count). The Kier molecular flexibility index (Phi) is 5.45. The number of benzene rings is 2. The predicted molar refractivity (Wildman–Crippen MR) is 105 cm³/mol. The zero-order valence-electron chi connectivity index (χ0n) is 15.8. The zero-order valence-corrected chi connectivity index (χ0v) is 15.8. The predicted octanol–water partition coefficient (Wildman–Crippen LogP) is 3.55. The third kappa shape index (κ3) is 3.95. The van der Waals surface area contributed by atoms with Crippen molar-refractivity contribution < 1.29 is 14.3 Å². The lowest BCUT2D eigenvalue weighted by atomic mass is 10.1. The van der Waals surface area contributed by atoms with E-state index >= 15 is 0 Å².